The fourth-order valence-electron chi connectivity index (χ4n) is 2.65. The number of nitrogens with one attached hydrogen (secondary N) is 1. The van der Waals surface area contributed by atoms with Crippen molar-refractivity contribution >= 4 is 11.7 Å². The van der Waals surface area contributed by atoms with Crippen LogP contribution in [0.4, 0.5) is 5.82 Å². The van der Waals surface area contributed by atoms with Crippen LogP contribution in [0.25, 0.3) is 0 Å². The second-order valence-corrected chi connectivity index (χ2v) is 6.72. The van der Waals surface area contributed by atoms with E-state index in [2.05, 4.69) is 16.5 Å². The monoisotopic (exact) mass is 314 g/mol. The molecular formula is C17H22N4O2. The lowest BCUT2D eigenvalue weighted by molar-refractivity contribution is -0.117. The van der Waals surface area contributed by atoms with E-state index in [0.717, 1.165) is 5.56 Å². The summed E-state index contributed by atoms with van der Waals surface area (Å²) in [5.74, 6) is 0.703. The molecule has 2 aromatic rings. The Balaban J connectivity index is 2.31. The lowest BCUT2D eigenvalue weighted by Crippen LogP contribution is -2.27. The molecule has 122 valence electrons. The normalized spacial score (nSPS) is 12.7. The van der Waals surface area contributed by atoms with E-state index in [1.807, 2.05) is 39.2 Å². The minimum Gasteiger partial charge on any atom is -0.361 e. The second kappa shape index (κ2) is 5.92. The summed E-state index contributed by atoms with van der Waals surface area (Å²) in [6, 6.07) is 3.79. The lowest BCUT2D eigenvalue weighted by atomic mass is 9.99. The zero-order valence-electron chi connectivity index (χ0n) is 14.4. The van der Waals surface area contributed by atoms with Crippen molar-refractivity contribution in [2.75, 3.05) is 5.32 Å². The van der Waals surface area contributed by atoms with Crippen molar-refractivity contribution in [1.29, 1.82) is 5.26 Å². The van der Waals surface area contributed by atoms with Gasteiger partial charge in [0.1, 0.15) is 17.6 Å². The molecule has 2 rings (SSSR count). The van der Waals surface area contributed by atoms with Crippen LogP contribution in [0.3, 0.4) is 0 Å². The molecule has 6 nitrogen and oxygen atoms in total. The predicted octanol–water partition coefficient (Wildman–Crippen LogP) is 3.46. The molecular weight excluding hydrogens is 292 g/mol. The number of nitriles is 1. The smallest absolute Gasteiger partial charge is 0.232 e. The van der Waals surface area contributed by atoms with Crippen LogP contribution in [0, 0.1) is 25.2 Å². The third kappa shape index (κ3) is 3.29. The number of hydrogen-bond acceptors (Lipinski definition) is 4. The molecule has 0 fully saturated rings. The number of nitrogens with zero attached hydrogens (tertiary/aromatic N) is 3. The molecule has 23 heavy (non-hydrogen) atoms. The number of amides is 1. The summed E-state index contributed by atoms with van der Waals surface area (Å²) in [7, 11) is 0. The highest BCUT2D eigenvalue weighted by Crippen LogP contribution is 2.27. The third-order valence-electron chi connectivity index (χ3n) is 3.84. The largest absolute Gasteiger partial charge is 0.361 e. The van der Waals surface area contributed by atoms with Crippen LogP contribution >= 0.6 is 0 Å². The molecule has 0 aromatic carbocycles. The van der Waals surface area contributed by atoms with Gasteiger partial charge in [0.15, 0.2) is 0 Å². The Morgan fingerprint density at radius 1 is 1.43 bits per heavy atom. The summed E-state index contributed by atoms with van der Waals surface area (Å²) in [5, 5.41) is 15.9. The fraction of sp³-hybridized carbons (Fsp3) is 0.471. The zero-order chi connectivity index (χ0) is 17.4. The Labute approximate surface area is 136 Å². The minimum atomic E-state index is -0.393. The van der Waals surface area contributed by atoms with Crippen molar-refractivity contribution in [1.82, 2.24) is 9.72 Å². The number of rotatable bonds is 3. The van der Waals surface area contributed by atoms with E-state index < -0.39 is 5.92 Å². The van der Waals surface area contributed by atoms with Gasteiger partial charge in [0.25, 0.3) is 0 Å². The summed E-state index contributed by atoms with van der Waals surface area (Å²) in [6.45, 7) is 11.5. The van der Waals surface area contributed by atoms with E-state index in [1.54, 1.807) is 19.2 Å². The molecule has 0 aliphatic heterocycles. The highest BCUT2D eigenvalue weighted by Gasteiger charge is 2.25. The van der Waals surface area contributed by atoms with Gasteiger partial charge >= 0.3 is 0 Å². The Hall–Kier alpha value is -2.55. The van der Waals surface area contributed by atoms with Crippen molar-refractivity contribution < 1.29 is 9.32 Å². The van der Waals surface area contributed by atoms with Crippen molar-refractivity contribution in [2.45, 2.75) is 53.0 Å². The Kier molecular flexibility index (Phi) is 4.33. The molecule has 0 saturated carbocycles. The highest BCUT2D eigenvalue weighted by molar-refractivity contribution is 5.95. The molecule has 0 radical (unpaired) electrons. The summed E-state index contributed by atoms with van der Waals surface area (Å²) in [5.41, 5.74) is 1.79. The first-order valence-electron chi connectivity index (χ1n) is 7.51. The maximum absolute atomic E-state index is 12.6. The summed E-state index contributed by atoms with van der Waals surface area (Å²) < 4.78 is 7.03. The number of aromatic nitrogens is 2. The van der Waals surface area contributed by atoms with E-state index in [4.69, 9.17) is 9.78 Å². The van der Waals surface area contributed by atoms with Crippen molar-refractivity contribution in [3.63, 3.8) is 0 Å². The van der Waals surface area contributed by atoms with Gasteiger partial charge in [0.05, 0.1) is 17.2 Å². The number of aryl methyl sites for hydroxylation is 2. The molecule has 0 bridgehead atoms. The van der Waals surface area contributed by atoms with E-state index in [1.165, 1.54) is 0 Å². The van der Waals surface area contributed by atoms with E-state index in [9.17, 15) is 4.79 Å². The van der Waals surface area contributed by atoms with Crippen LogP contribution < -0.4 is 5.32 Å². The Morgan fingerprint density at radius 2 is 2.09 bits per heavy atom. The van der Waals surface area contributed by atoms with Crippen molar-refractivity contribution in [3.8, 4) is 6.07 Å². The molecule has 1 amide bonds. The molecule has 2 heterocycles. The molecule has 0 aliphatic carbocycles. The topological polar surface area (TPSA) is 83.8 Å². The number of hydrogen-bond donors (Lipinski definition) is 1. The van der Waals surface area contributed by atoms with Gasteiger partial charge in [-0.15, -0.1) is 0 Å². The van der Waals surface area contributed by atoms with Crippen molar-refractivity contribution in [3.05, 3.63) is 34.8 Å². The first kappa shape index (κ1) is 16.8. The maximum atomic E-state index is 12.6. The first-order valence-corrected chi connectivity index (χ1v) is 7.51. The zero-order valence-corrected chi connectivity index (χ0v) is 14.4. The van der Waals surface area contributed by atoms with Crippen LogP contribution in [0.2, 0.25) is 0 Å². The van der Waals surface area contributed by atoms with Gasteiger partial charge in [-0.1, -0.05) is 5.16 Å². The number of anilines is 1. The van der Waals surface area contributed by atoms with Gasteiger partial charge in [-0.2, -0.15) is 5.26 Å². The molecule has 2 aromatic heterocycles. The summed E-state index contributed by atoms with van der Waals surface area (Å²) >= 11 is 0. The standard InChI is InChI=1S/C17H22N4O2/c1-10(15-11(2)20-23-12(15)3)16(22)19-14-7-13(8-18)9-21(14)17(4,5)6/h7,9-10H,1-6H3,(H,19,22)/t10-/m1/s1. The van der Waals surface area contributed by atoms with Gasteiger partial charge < -0.3 is 14.4 Å². The third-order valence-corrected chi connectivity index (χ3v) is 3.84. The second-order valence-electron chi connectivity index (χ2n) is 6.72. The van der Waals surface area contributed by atoms with Gasteiger partial charge in [-0.25, -0.2) is 0 Å². The van der Waals surface area contributed by atoms with Crippen LogP contribution in [-0.2, 0) is 10.3 Å². The molecule has 0 saturated heterocycles. The van der Waals surface area contributed by atoms with E-state index in [-0.39, 0.29) is 11.4 Å². The predicted molar refractivity (Wildman–Crippen MR) is 87.2 cm³/mol. The van der Waals surface area contributed by atoms with Gasteiger partial charge in [0.2, 0.25) is 5.91 Å². The highest BCUT2D eigenvalue weighted by atomic mass is 16.5. The van der Waals surface area contributed by atoms with Crippen LogP contribution in [0.1, 0.15) is 56.2 Å². The fourth-order valence-corrected chi connectivity index (χ4v) is 2.65. The molecule has 6 heteroatoms. The van der Waals surface area contributed by atoms with Gasteiger partial charge in [-0.3, -0.25) is 4.79 Å². The van der Waals surface area contributed by atoms with Crippen LogP contribution in [0.15, 0.2) is 16.8 Å². The quantitative estimate of drug-likeness (QED) is 0.940. The lowest BCUT2D eigenvalue weighted by Gasteiger charge is -2.25. The molecule has 0 aliphatic rings. The summed E-state index contributed by atoms with van der Waals surface area (Å²) in [6.07, 6.45) is 1.75. The molecule has 1 N–H and O–H groups in total. The minimum absolute atomic E-state index is 0.160. The Morgan fingerprint density at radius 3 is 2.57 bits per heavy atom. The van der Waals surface area contributed by atoms with Crippen LogP contribution in [-0.4, -0.2) is 15.6 Å². The number of carbonyl (C=O) groups excluding carboxylic acids is 1. The number of carbonyl (C=O) groups is 1. The van der Waals surface area contributed by atoms with Gasteiger partial charge in [-0.05, 0) is 47.6 Å². The average Bonchev–Trinajstić information content (AvgIpc) is 3.01. The SMILES string of the molecule is Cc1noc(C)c1[C@@H](C)C(=O)Nc1cc(C#N)cn1C(C)(C)C. The molecule has 1 atom stereocenters. The van der Waals surface area contributed by atoms with Gasteiger partial charge in [0, 0.05) is 17.3 Å². The first-order chi connectivity index (χ1) is 10.6. The maximum Gasteiger partial charge on any atom is 0.232 e. The molecule has 0 spiro atoms. The summed E-state index contributed by atoms with van der Waals surface area (Å²) in [4.78, 5) is 12.6. The molecule has 0 unspecified atom stereocenters. The van der Waals surface area contributed by atoms with E-state index >= 15 is 0 Å². The van der Waals surface area contributed by atoms with Crippen LogP contribution in [0.5, 0.6) is 0 Å². The Bertz CT molecular complexity index is 752. The van der Waals surface area contributed by atoms with Crippen molar-refractivity contribution in [2.24, 2.45) is 0 Å². The average molecular weight is 314 g/mol. The van der Waals surface area contributed by atoms with E-state index in [0.29, 0.717) is 22.8 Å².